The van der Waals surface area contributed by atoms with Gasteiger partial charge in [0.05, 0.1) is 43.9 Å². The van der Waals surface area contributed by atoms with E-state index in [-0.39, 0.29) is 16.9 Å². The lowest BCUT2D eigenvalue weighted by atomic mass is 9.65. The zero-order chi connectivity index (χ0) is 15.8. The maximum Gasteiger partial charge on any atom is 0.259 e. The van der Waals surface area contributed by atoms with Crippen molar-refractivity contribution in [2.45, 2.75) is 28.4 Å². The van der Waals surface area contributed by atoms with Crippen LogP contribution in [0.2, 0.25) is 0 Å². The fraction of sp³-hybridized carbons (Fsp3) is 0.692. The monoisotopic (exact) mass is 383 g/mol. The molecule has 1 N–H and O–H groups in total. The summed E-state index contributed by atoms with van der Waals surface area (Å²) in [7, 11) is 0. The van der Waals surface area contributed by atoms with E-state index in [0.717, 1.165) is 0 Å². The van der Waals surface area contributed by atoms with Crippen molar-refractivity contribution in [2.24, 2.45) is 23.7 Å². The molecule has 2 amide bonds. The summed E-state index contributed by atoms with van der Waals surface area (Å²) in [4.78, 5) is 22.3. The number of allylic oxidation sites excluding steroid dienone is 2. The molecular formula is C13H9Cl4NO4. The average Bonchev–Trinajstić information content (AvgIpc) is 3.18. The number of fused-ring (bicyclic) bond motifs is 12. The summed E-state index contributed by atoms with van der Waals surface area (Å²) in [6, 6.07) is 0. The molecule has 0 unspecified atom stereocenters. The third kappa shape index (κ3) is 1.18. The van der Waals surface area contributed by atoms with Crippen molar-refractivity contribution in [1.82, 2.24) is 5.06 Å². The molecule has 5 nitrogen and oxygen atoms in total. The van der Waals surface area contributed by atoms with Gasteiger partial charge in [-0.05, 0) is 6.42 Å². The second-order valence-electron chi connectivity index (χ2n) is 6.69. The first kappa shape index (κ1) is 14.3. The summed E-state index contributed by atoms with van der Waals surface area (Å²) in [5.41, 5.74) is 0. The number of hydrogen-bond acceptors (Lipinski definition) is 4. The number of carbonyl (C=O) groups excluding carboxylic acids is 2. The summed E-state index contributed by atoms with van der Waals surface area (Å²) >= 11 is 26.0. The van der Waals surface area contributed by atoms with Crippen LogP contribution in [-0.2, 0) is 14.3 Å². The number of imide groups is 1. The Balaban J connectivity index is 1.68. The van der Waals surface area contributed by atoms with Gasteiger partial charge in [-0.1, -0.05) is 23.2 Å². The Morgan fingerprint density at radius 2 is 1.41 bits per heavy atom. The molecule has 3 heterocycles. The van der Waals surface area contributed by atoms with Crippen LogP contribution in [0.1, 0.15) is 6.42 Å². The van der Waals surface area contributed by atoms with E-state index in [1.54, 1.807) is 0 Å². The van der Waals surface area contributed by atoms with Crippen LogP contribution in [-0.4, -0.2) is 44.0 Å². The fourth-order valence-electron chi connectivity index (χ4n) is 5.28. The number of hydroxylamine groups is 2. The molecule has 8 atom stereocenters. The molecule has 0 aromatic rings. The van der Waals surface area contributed by atoms with E-state index in [4.69, 9.17) is 51.1 Å². The number of amides is 2. The third-order valence-electron chi connectivity index (χ3n) is 5.99. The van der Waals surface area contributed by atoms with Crippen LogP contribution in [0.3, 0.4) is 0 Å². The molecular weight excluding hydrogens is 376 g/mol. The molecule has 9 heteroatoms. The molecule has 1 saturated carbocycles. The average molecular weight is 385 g/mol. The van der Waals surface area contributed by atoms with Gasteiger partial charge in [0.15, 0.2) is 0 Å². The highest BCUT2D eigenvalue weighted by Crippen LogP contribution is 2.75. The number of nitrogens with zero attached hydrogens (tertiary/aromatic N) is 1. The second kappa shape index (κ2) is 3.79. The second-order valence-corrected chi connectivity index (χ2v) is 8.79. The Morgan fingerprint density at radius 1 is 1.00 bits per heavy atom. The minimum absolute atomic E-state index is 0.194. The van der Waals surface area contributed by atoms with Gasteiger partial charge in [-0.25, -0.2) is 0 Å². The Labute approximate surface area is 145 Å². The van der Waals surface area contributed by atoms with Gasteiger partial charge in [0, 0.05) is 11.8 Å². The summed E-state index contributed by atoms with van der Waals surface area (Å²) < 4.78 is 5.91. The lowest BCUT2D eigenvalue weighted by molar-refractivity contribution is -0.176. The van der Waals surface area contributed by atoms with Gasteiger partial charge < -0.3 is 4.74 Å². The summed E-state index contributed by atoms with van der Waals surface area (Å²) in [6.45, 7) is 0. The van der Waals surface area contributed by atoms with E-state index in [2.05, 4.69) is 0 Å². The van der Waals surface area contributed by atoms with Crippen LogP contribution < -0.4 is 0 Å². The number of ether oxygens (including phenoxy) is 1. The highest BCUT2D eigenvalue weighted by molar-refractivity contribution is 6.51. The first-order valence-electron chi connectivity index (χ1n) is 6.89. The summed E-state index contributed by atoms with van der Waals surface area (Å²) in [6.07, 6.45) is -0.799. The molecule has 3 saturated heterocycles. The van der Waals surface area contributed by atoms with E-state index in [9.17, 15) is 14.8 Å². The van der Waals surface area contributed by atoms with E-state index < -0.39 is 45.6 Å². The fourth-order valence-corrected chi connectivity index (χ4v) is 7.29. The van der Waals surface area contributed by atoms with Gasteiger partial charge in [-0.2, -0.15) is 5.06 Å². The van der Waals surface area contributed by atoms with Crippen molar-refractivity contribution in [3.63, 3.8) is 0 Å². The molecule has 4 fully saturated rings. The Hall–Kier alpha value is -0.0400. The molecule has 3 aliphatic heterocycles. The molecule has 0 aromatic carbocycles. The van der Waals surface area contributed by atoms with Crippen LogP contribution in [0.25, 0.3) is 0 Å². The number of alkyl halides is 2. The van der Waals surface area contributed by atoms with Crippen molar-refractivity contribution in [3.8, 4) is 0 Å². The van der Waals surface area contributed by atoms with Crippen LogP contribution in [0.15, 0.2) is 10.1 Å². The zero-order valence-electron chi connectivity index (χ0n) is 10.8. The smallest absolute Gasteiger partial charge is 0.259 e. The highest BCUT2D eigenvalue weighted by atomic mass is 35.5. The van der Waals surface area contributed by atoms with Crippen molar-refractivity contribution in [2.75, 3.05) is 0 Å². The number of rotatable bonds is 0. The van der Waals surface area contributed by atoms with Crippen molar-refractivity contribution in [1.29, 1.82) is 0 Å². The highest BCUT2D eigenvalue weighted by Gasteiger charge is 2.81. The van der Waals surface area contributed by atoms with Gasteiger partial charge in [0.1, 0.15) is 0 Å². The minimum atomic E-state index is -0.971. The van der Waals surface area contributed by atoms with Crippen LogP contribution in [0.5, 0.6) is 0 Å². The van der Waals surface area contributed by atoms with E-state index >= 15 is 0 Å². The Kier molecular flexibility index (Phi) is 2.46. The van der Waals surface area contributed by atoms with E-state index in [1.807, 2.05) is 0 Å². The first-order chi connectivity index (χ1) is 10.2. The number of carbonyl (C=O) groups is 2. The van der Waals surface area contributed by atoms with Crippen molar-refractivity contribution < 1.29 is 19.5 Å². The van der Waals surface area contributed by atoms with Crippen LogP contribution in [0.4, 0.5) is 0 Å². The molecule has 5 aliphatic rings. The maximum atomic E-state index is 12.1. The van der Waals surface area contributed by atoms with Gasteiger partial charge in [-0.3, -0.25) is 14.8 Å². The predicted octanol–water partition coefficient (Wildman–Crippen LogP) is 2.05. The molecule has 4 bridgehead atoms. The quantitative estimate of drug-likeness (QED) is 0.394. The Bertz CT molecular complexity index is 644. The standard InChI is InChI=1S/C13H9Cl4NO4/c14-8-9(15)13(17)1-12(8,16)4-5(13)7-3-2(6(4)22-7)10(19)18(21)11(3)20/h2-7,21H,1H2/t2-,3+,4+,5-,6+,7-,12-,13-/m0/s1. The molecule has 22 heavy (non-hydrogen) atoms. The molecule has 0 aromatic heterocycles. The van der Waals surface area contributed by atoms with E-state index in [0.29, 0.717) is 16.5 Å². The first-order valence-corrected chi connectivity index (χ1v) is 8.41. The summed E-state index contributed by atoms with van der Waals surface area (Å²) in [5.74, 6) is -3.31. The predicted molar refractivity (Wildman–Crippen MR) is 76.8 cm³/mol. The lowest BCUT2D eigenvalue weighted by Gasteiger charge is -2.40. The van der Waals surface area contributed by atoms with Crippen molar-refractivity contribution in [3.05, 3.63) is 10.1 Å². The lowest BCUT2D eigenvalue weighted by Crippen LogP contribution is -2.50. The zero-order valence-corrected chi connectivity index (χ0v) is 13.8. The molecule has 2 aliphatic carbocycles. The minimum Gasteiger partial charge on any atom is -0.373 e. The van der Waals surface area contributed by atoms with Crippen LogP contribution in [0, 0.1) is 23.7 Å². The van der Waals surface area contributed by atoms with Gasteiger partial charge in [0.25, 0.3) is 11.8 Å². The summed E-state index contributed by atoms with van der Waals surface area (Å²) in [5, 5.41) is 10.4. The molecule has 0 radical (unpaired) electrons. The number of halogens is 4. The SMILES string of the molecule is O=C1[C@@H]2[C@H]3O[C@@H]([C@@H]2C(=O)N1O)[C@@H]1[C@H]3[C@@]2(Cl)C[C@@]1(Cl)C(Cl)=C2Cl. The topological polar surface area (TPSA) is 66.8 Å². The van der Waals surface area contributed by atoms with Gasteiger partial charge >= 0.3 is 0 Å². The van der Waals surface area contributed by atoms with E-state index in [1.165, 1.54) is 0 Å². The van der Waals surface area contributed by atoms with Crippen molar-refractivity contribution >= 4 is 58.2 Å². The maximum absolute atomic E-state index is 12.1. The molecule has 5 rings (SSSR count). The largest absolute Gasteiger partial charge is 0.373 e. The van der Waals surface area contributed by atoms with Gasteiger partial charge in [-0.15, -0.1) is 23.2 Å². The molecule has 0 spiro atoms. The third-order valence-corrected chi connectivity index (χ3v) is 8.48. The molecule has 118 valence electrons. The van der Waals surface area contributed by atoms with Gasteiger partial charge in [0.2, 0.25) is 0 Å². The normalized spacial score (nSPS) is 58.1. The van der Waals surface area contributed by atoms with Crippen LogP contribution >= 0.6 is 46.4 Å². The Morgan fingerprint density at radius 3 is 1.82 bits per heavy atom. The number of hydrogen-bond donors (Lipinski definition) is 1.